The molecule has 14 heteroatoms. The molecule has 0 aliphatic heterocycles. The molecule has 4 aromatic heterocycles. The fourth-order valence-corrected chi connectivity index (χ4v) is 6.60. The predicted molar refractivity (Wildman–Crippen MR) is 207 cm³/mol. The van der Waals surface area contributed by atoms with Gasteiger partial charge in [0.2, 0.25) is 0 Å². The summed E-state index contributed by atoms with van der Waals surface area (Å²) in [5.74, 6) is 0. The molecule has 53 heavy (non-hydrogen) atoms. The van der Waals surface area contributed by atoms with Gasteiger partial charge in [0.05, 0.1) is 28.1 Å². The quantitative estimate of drug-likeness (QED) is 0.123. The van der Waals surface area contributed by atoms with Gasteiger partial charge in [0.15, 0.2) is 6.29 Å². The first-order valence-corrected chi connectivity index (χ1v) is 18.8. The lowest BCUT2D eigenvalue weighted by Gasteiger charge is -2.19. The van der Waals surface area contributed by atoms with E-state index in [0.717, 1.165) is 86.6 Å². The first kappa shape index (κ1) is 41.4. The first-order valence-electron chi connectivity index (χ1n) is 17.3. The summed E-state index contributed by atoms with van der Waals surface area (Å²) in [5.41, 5.74) is 4.45. The molecule has 8 rings (SSSR count). The first-order chi connectivity index (χ1) is 25.3. The van der Waals surface area contributed by atoms with E-state index in [2.05, 4.69) is 24.8 Å². The molecule has 0 radical (unpaired) electrons. The molecule has 0 unspecified atom stereocenters. The fraction of sp³-hybridized carbons (Fsp3) is 0.462. The van der Waals surface area contributed by atoms with Crippen LogP contribution in [-0.4, -0.2) is 71.7 Å². The minimum absolute atomic E-state index is 0.0441. The van der Waals surface area contributed by atoms with Gasteiger partial charge in [-0.05, 0) is 89.7 Å². The zero-order valence-corrected chi connectivity index (χ0v) is 33.6. The third-order valence-corrected chi connectivity index (χ3v) is 10.8. The van der Waals surface area contributed by atoms with Crippen LogP contribution in [0.4, 0.5) is 0 Å². The summed E-state index contributed by atoms with van der Waals surface area (Å²) in [5, 5.41) is 11.5. The molecular formula is C39H45Cl4N5O5. The van der Waals surface area contributed by atoms with Gasteiger partial charge in [-0.1, -0.05) is 70.7 Å². The summed E-state index contributed by atoms with van der Waals surface area (Å²) >= 11 is 22.9. The van der Waals surface area contributed by atoms with Crippen LogP contribution in [0.5, 0.6) is 0 Å². The lowest BCUT2D eigenvalue weighted by atomic mass is 10.1. The Morgan fingerprint density at radius 2 is 1.09 bits per heavy atom. The van der Waals surface area contributed by atoms with Crippen molar-refractivity contribution in [3.05, 3.63) is 115 Å². The van der Waals surface area contributed by atoms with Crippen LogP contribution in [0.15, 0.2) is 60.9 Å². The van der Waals surface area contributed by atoms with Gasteiger partial charge in [-0.2, -0.15) is 0 Å². The van der Waals surface area contributed by atoms with Crippen molar-refractivity contribution in [2.45, 2.75) is 80.3 Å². The fourth-order valence-electron chi connectivity index (χ4n) is 6.06. The van der Waals surface area contributed by atoms with E-state index in [9.17, 15) is 9.90 Å². The van der Waals surface area contributed by atoms with Crippen molar-refractivity contribution in [3.63, 3.8) is 0 Å². The van der Waals surface area contributed by atoms with Crippen molar-refractivity contribution in [3.8, 4) is 0 Å². The maximum Gasteiger partial charge on any atom is 0.168 e. The zero-order valence-electron chi connectivity index (χ0n) is 30.5. The third kappa shape index (κ3) is 10.5. The highest BCUT2D eigenvalue weighted by molar-refractivity contribution is 6.30. The van der Waals surface area contributed by atoms with Crippen LogP contribution < -0.4 is 0 Å². The predicted octanol–water partition coefficient (Wildman–Crippen LogP) is 8.70. The van der Waals surface area contributed by atoms with E-state index in [4.69, 9.17) is 60.6 Å². The van der Waals surface area contributed by atoms with E-state index in [0.29, 0.717) is 26.3 Å². The van der Waals surface area contributed by atoms with E-state index in [1.807, 2.05) is 44.4 Å². The molecule has 0 bridgehead atoms. The topological polar surface area (TPSA) is 120 Å². The number of aldehydes is 1. The number of hydrogen-bond acceptors (Lipinski definition) is 10. The van der Waals surface area contributed by atoms with E-state index < -0.39 is 5.60 Å². The Bertz CT molecular complexity index is 1850. The van der Waals surface area contributed by atoms with Crippen LogP contribution in [0.25, 0.3) is 0 Å². The van der Waals surface area contributed by atoms with Crippen molar-refractivity contribution >= 4 is 52.7 Å². The average molecular weight is 806 g/mol. The Balaban J connectivity index is 0.000000137. The van der Waals surface area contributed by atoms with Gasteiger partial charge in [0.25, 0.3) is 0 Å². The van der Waals surface area contributed by atoms with Crippen molar-refractivity contribution in [1.29, 1.82) is 0 Å². The van der Waals surface area contributed by atoms with E-state index in [1.54, 1.807) is 51.9 Å². The molecule has 10 nitrogen and oxygen atoms in total. The Labute approximate surface area is 331 Å². The molecule has 4 fully saturated rings. The molecule has 0 saturated heterocycles. The largest absolute Gasteiger partial charge is 0.385 e. The van der Waals surface area contributed by atoms with Gasteiger partial charge in [0.1, 0.15) is 26.3 Å². The van der Waals surface area contributed by atoms with E-state index in [-0.39, 0.29) is 16.8 Å². The molecule has 4 saturated carbocycles. The Morgan fingerprint density at radius 1 is 0.642 bits per heavy atom. The molecule has 1 N–H and O–H groups in total. The zero-order chi connectivity index (χ0) is 38.4. The standard InChI is InChI=1S/C12H17ClN2O.C10H10ClNO2.C9H10ClNO.C8H8ClNO/c1-15(2)8-10-9(4-5-11(13)14-10)12(16-3)6-7-12;1-14-10(4-5-10)7-2-3-9(11)12-8(7)6-13;1-12-9(4-5-9)7-2-3-8(10)11-6-7;9-7-2-1-6(5-10-7)8(11)3-4-8/h4-5H,6-8H2,1-3H3;2-3,6H,4-5H2,1H3;2-3,6H,4-5H2,1H3;1-2,5,11H,3-4H2. The van der Waals surface area contributed by atoms with Crippen LogP contribution in [-0.2, 0) is 43.2 Å². The number of halogens is 4. The third-order valence-electron chi connectivity index (χ3n) is 9.92. The van der Waals surface area contributed by atoms with Crippen LogP contribution >= 0.6 is 46.4 Å². The second-order valence-electron chi connectivity index (χ2n) is 13.9. The highest BCUT2D eigenvalue weighted by Crippen LogP contribution is 2.51. The number of nitrogens with zero attached hydrogens (tertiary/aromatic N) is 5. The number of ether oxygens (including phenoxy) is 3. The summed E-state index contributed by atoms with van der Waals surface area (Å²) in [6.07, 6.45) is 12.0. The second kappa shape index (κ2) is 17.4. The van der Waals surface area contributed by atoms with Crippen molar-refractivity contribution < 1.29 is 24.1 Å². The van der Waals surface area contributed by atoms with Gasteiger partial charge in [-0.15, -0.1) is 0 Å². The van der Waals surface area contributed by atoms with E-state index >= 15 is 0 Å². The lowest BCUT2D eigenvalue weighted by Crippen LogP contribution is -2.19. The number of carbonyl (C=O) groups excluding carboxylic acids is 1. The van der Waals surface area contributed by atoms with Crippen molar-refractivity contribution in [2.75, 3.05) is 35.4 Å². The number of carbonyl (C=O) groups is 1. The van der Waals surface area contributed by atoms with Crippen LogP contribution in [0.2, 0.25) is 20.6 Å². The number of aromatic nitrogens is 4. The number of methoxy groups -OCH3 is 3. The maximum absolute atomic E-state index is 10.8. The summed E-state index contributed by atoms with van der Waals surface area (Å²) < 4.78 is 16.4. The normalized spacial score (nSPS) is 18.5. The van der Waals surface area contributed by atoms with Crippen molar-refractivity contribution in [2.24, 2.45) is 0 Å². The molecule has 284 valence electrons. The number of hydrogen-bond donors (Lipinski definition) is 1. The Kier molecular flexibility index (Phi) is 13.6. The number of rotatable bonds is 10. The molecule has 0 amide bonds. The highest BCUT2D eigenvalue weighted by atomic mass is 35.5. The Hall–Kier alpha value is -2.77. The Morgan fingerprint density at radius 3 is 1.51 bits per heavy atom. The highest BCUT2D eigenvalue weighted by Gasteiger charge is 2.48. The van der Waals surface area contributed by atoms with Crippen LogP contribution in [0, 0.1) is 0 Å². The molecule has 0 spiro atoms. The molecule has 0 atom stereocenters. The summed E-state index contributed by atoms with van der Waals surface area (Å²) in [6.45, 7) is 0.793. The molecule has 4 aliphatic carbocycles. The average Bonchev–Trinajstić information content (AvgIpc) is 3.96. The summed E-state index contributed by atoms with van der Waals surface area (Å²) in [4.78, 5) is 29.2. The summed E-state index contributed by atoms with van der Waals surface area (Å²) in [7, 11) is 9.20. The molecule has 0 aromatic carbocycles. The summed E-state index contributed by atoms with van der Waals surface area (Å²) in [6, 6.07) is 14.7. The van der Waals surface area contributed by atoms with Gasteiger partial charge >= 0.3 is 0 Å². The number of pyridine rings is 4. The molecule has 4 heterocycles. The van der Waals surface area contributed by atoms with Gasteiger partial charge < -0.3 is 24.2 Å². The molecule has 4 aliphatic rings. The smallest absolute Gasteiger partial charge is 0.168 e. The number of aliphatic hydroxyl groups is 1. The van der Waals surface area contributed by atoms with Crippen LogP contribution in [0.3, 0.4) is 0 Å². The van der Waals surface area contributed by atoms with Gasteiger partial charge in [-0.3, -0.25) is 4.79 Å². The SMILES string of the molecule is COC1(c2ccc(Cl)nc2)CC1.COC1(c2ccc(Cl)nc2C=O)CC1.COC1(c2ccc(Cl)nc2CN(C)C)CC1.OC1(c2ccc(Cl)nc2)CC1. The van der Waals surface area contributed by atoms with Crippen molar-refractivity contribution in [1.82, 2.24) is 24.8 Å². The maximum atomic E-state index is 10.8. The minimum Gasteiger partial charge on any atom is -0.385 e. The molecule has 4 aromatic rings. The second-order valence-corrected chi connectivity index (χ2v) is 15.5. The molecular weight excluding hydrogens is 760 g/mol. The van der Waals surface area contributed by atoms with Gasteiger partial charge in [0, 0.05) is 62.5 Å². The van der Waals surface area contributed by atoms with Crippen LogP contribution in [0.1, 0.15) is 89.8 Å². The lowest BCUT2D eigenvalue weighted by molar-refractivity contribution is 0.0771. The van der Waals surface area contributed by atoms with E-state index in [1.165, 1.54) is 5.56 Å². The minimum atomic E-state index is -0.586. The van der Waals surface area contributed by atoms with Gasteiger partial charge in [-0.25, -0.2) is 19.9 Å². The monoisotopic (exact) mass is 803 g/mol.